The summed E-state index contributed by atoms with van der Waals surface area (Å²) in [6, 6.07) is 14.1. The number of para-hydroxylation sites is 1. The fourth-order valence-electron chi connectivity index (χ4n) is 1.67. The van der Waals surface area contributed by atoms with E-state index in [0.717, 1.165) is 0 Å². The SMILES string of the molecule is O=C(Nc1ccccc1)Oc1ccc2ocnc2c1. The monoisotopic (exact) mass is 254 g/mol. The van der Waals surface area contributed by atoms with Crippen LogP contribution in [0.4, 0.5) is 10.5 Å². The molecule has 0 aliphatic rings. The first-order valence-electron chi connectivity index (χ1n) is 5.68. The highest BCUT2D eigenvalue weighted by Gasteiger charge is 2.06. The molecule has 3 aromatic rings. The summed E-state index contributed by atoms with van der Waals surface area (Å²) in [5.41, 5.74) is 1.97. The van der Waals surface area contributed by atoms with Gasteiger partial charge in [0.25, 0.3) is 0 Å². The van der Waals surface area contributed by atoms with Crippen LogP contribution in [0.5, 0.6) is 5.75 Å². The number of rotatable bonds is 2. The molecule has 1 heterocycles. The van der Waals surface area contributed by atoms with Crippen LogP contribution in [0, 0.1) is 0 Å². The number of ether oxygens (including phenoxy) is 1. The number of amides is 1. The molecule has 1 amide bonds. The van der Waals surface area contributed by atoms with Crippen LogP contribution in [0.15, 0.2) is 59.3 Å². The maximum atomic E-state index is 11.7. The number of nitrogens with one attached hydrogen (secondary N) is 1. The van der Waals surface area contributed by atoms with Crippen molar-refractivity contribution in [1.82, 2.24) is 4.98 Å². The van der Waals surface area contributed by atoms with Gasteiger partial charge in [-0.25, -0.2) is 9.78 Å². The van der Waals surface area contributed by atoms with Gasteiger partial charge in [-0.3, -0.25) is 5.32 Å². The molecule has 0 bridgehead atoms. The molecule has 0 radical (unpaired) electrons. The predicted octanol–water partition coefficient (Wildman–Crippen LogP) is 3.44. The molecular formula is C14H10N2O3. The minimum Gasteiger partial charge on any atom is -0.443 e. The highest BCUT2D eigenvalue weighted by Crippen LogP contribution is 2.19. The zero-order chi connectivity index (χ0) is 13.1. The number of anilines is 1. The number of carbonyl (C=O) groups is 1. The summed E-state index contributed by atoms with van der Waals surface area (Å²) in [5, 5.41) is 2.63. The second kappa shape index (κ2) is 4.81. The van der Waals surface area contributed by atoms with E-state index in [9.17, 15) is 4.79 Å². The minimum absolute atomic E-state index is 0.412. The Labute approximate surface area is 108 Å². The van der Waals surface area contributed by atoms with Gasteiger partial charge in [-0.2, -0.15) is 0 Å². The molecule has 5 nitrogen and oxygen atoms in total. The molecule has 0 saturated carbocycles. The maximum Gasteiger partial charge on any atom is 0.417 e. The molecule has 2 aromatic carbocycles. The van der Waals surface area contributed by atoms with E-state index in [2.05, 4.69) is 10.3 Å². The van der Waals surface area contributed by atoms with Crippen molar-refractivity contribution in [2.75, 3.05) is 5.32 Å². The topological polar surface area (TPSA) is 64.4 Å². The van der Waals surface area contributed by atoms with Crippen LogP contribution >= 0.6 is 0 Å². The Morgan fingerprint density at radius 2 is 2.00 bits per heavy atom. The molecule has 3 rings (SSSR count). The lowest BCUT2D eigenvalue weighted by atomic mass is 10.3. The summed E-state index contributed by atoms with van der Waals surface area (Å²) in [5.74, 6) is 0.412. The number of hydrogen-bond donors (Lipinski definition) is 1. The average molecular weight is 254 g/mol. The molecule has 0 unspecified atom stereocenters. The molecule has 1 N–H and O–H groups in total. The van der Waals surface area contributed by atoms with Crippen LogP contribution in [-0.4, -0.2) is 11.1 Å². The number of benzene rings is 2. The smallest absolute Gasteiger partial charge is 0.417 e. The molecule has 0 spiro atoms. The second-order valence-corrected chi connectivity index (χ2v) is 3.86. The van der Waals surface area contributed by atoms with Gasteiger partial charge in [0.1, 0.15) is 11.3 Å². The first-order valence-corrected chi connectivity index (χ1v) is 5.68. The average Bonchev–Trinajstić information content (AvgIpc) is 2.87. The van der Waals surface area contributed by atoms with Crippen LogP contribution in [-0.2, 0) is 0 Å². The van der Waals surface area contributed by atoms with Crippen molar-refractivity contribution >= 4 is 22.9 Å². The van der Waals surface area contributed by atoms with Crippen molar-refractivity contribution in [1.29, 1.82) is 0 Å². The summed E-state index contributed by atoms with van der Waals surface area (Å²) >= 11 is 0. The summed E-state index contributed by atoms with van der Waals surface area (Å²) in [6.07, 6.45) is 0.799. The van der Waals surface area contributed by atoms with E-state index in [1.54, 1.807) is 30.3 Å². The van der Waals surface area contributed by atoms with Crippen molar-refractivity contribution in [2.45, 2.75) is 0 Å². The van der Waals surface area contributed by atoms with E-state index in [4.69, 9.17) is 9.15 Å². The van der Waals surface area contributed by atoms with Crippen LogP contribution < -0.4 is 10.1 Å². The summed E-state index contributed by atoms with van der Waals surface area (Å²) in [4.78, 5) is 15.7. The van der Waals surface area contributed by atoms with E-state index < -0.39 is 6.09 Å². The largest absolute Gasteiger partial charge is 0.443 e. The van der Waals surface area contributed by atoms with Crippen molar-refractivity contribution < 1.29 is 13.9 Å². The molecule has 19 heavy (non-hydrogen) atoms. The number of oxazole rings is 1. The van der Waals surface area contributed by atoms with Crippen LogP contribution in [0.1, 0.15) is 0 Å². The molecule has 94 valence electrons. The van der Waals surface area contributed by atoms with Crippen molar-refractivity contribution in [2.24, 2.45) is 0 Å². The van der Waals surface area contributed by atoms with E-state index in [0.29, 0.717) is 22.5 Å². The van der Waals surface area contributed by atoms with Gasteiger partial charge in [0.15, 0.2) is 12.0 Å². The van der Waals surface area contributed by atoms with Crippen molar-refractivity contribution in [3.05, 3.63) is 54.9 Å². The number of nitrogens with zero attached hydrogens (tertiary/aromatic N) is 1. The van der Waals surface area contributed by atoms with Crippen LogP contribution in [0.25, 0.3) is 11.1 Å². The molecule has 0 aliphatic heterocycles. The zero-order valence-corrected chi connectivity index (χ0v) is 9.87. The Kier molecular flexibility index (Phi) is 2.86. The molecule has 0 aliphatic carbocycles. The van der Waals surface area contributed by atoms with Gasteiger partial charge in [-0.15, -0.1) is 0 Å². The van der Waals surface area contributed by atoms with Crippen molar-refractivity contribution in [3.63, 3.8) is 0 Å². The Hall–Kier alpha value is -2.82. The quantitative estimate of drug-likeness (QED) is 0.760. The summed E-state index contributed by atoms with van der Waals surface area (Å²) in [6.45, 7) is 0. The molecule has 0 atom stereocenters. The third-order valence-electron chi connectivity index (χ3n) is 2.53. The fourth-order valence-corrected chi connectivity index (χ4v) is 1.67. The van der Waals surface area contributed by atoms with Crippen LogP contribution in [0.2, 0.25) is 0 Å². The second-order valence-electron chi connectivity index (χ2n) is 3.86. The third kappa shape index (κ3) is 2.55. The first-order chi connectivity index (χ1) is 9.31. The lowest BCUT2D eigenvalue weighted by Crippen LogP contribution is -2.16. The lowest BCUT2D eigenvalue weighted by Gasteiger charge is -2.06. The van der Waals surface area contributed by atoms with Gasteiger partial charge in [-0.1, -0.05) is 18.2 Å². The normalized spacial score (nSPS) is 10.3. The van der Waals surface area contributed by atoms with Gasteiger partial charge in [0, 0.05) is 11.8 Å². The number of hydrogen-bond acceptors (Lipinski definition) is 4. The third-order valence-corrected chi connectivity index (χ3v) is 2.53. The van der Waals surface area contributed by atoms with E-state index in [1.165, 1.54) is 6.39 Å². The van der Waals surface area contributed by atoms with Gasteiger partial charge < -0.3 is 9.15 Å². The van der Waals surface area contributed by atoms with Crippen molar-refractivity contribution in [3.8, 4) is 5.75 Å². The Morgan fingerprint density at radius 1 is 1.16 bits per heavy atom. The molecule has 1 aromatic heterocycles. The van der Waals surface area contributed by atoms with Gasteiger partial charge in [0.2, 0.25) is 0 Å². The standard InChI is InChI=1S/C14H10N2O3/c17-14(16-10-4-2-1-3-5-10)19-11-6-7-13-12(8-11)15-9-18-13/h1-9H,(H,16,17). The lowest BCUT2D eigenvalue weighted by molar-refractivity contribution is 0.215. The number of carbonyl (C=O) groups excluding carboxylic acids is 1. The minimum atomic E-state index is -0.547. The Balaban J connectivity index is 1.72. The number of fused-ring (bicyclic) bond motifs is 1. The van der Waals surface area contributed by atoms with E-state index in [1.807, 2.05) is 18.2 Å². The number of aromatic nitrogens is 1. The van der Waals surface area contributed by atoms with Crippen LogP contribution in [0.3, 0.4) is 0 Å². The summed E-state index contributed by atoms with van der Waals surface area (Å²) in [7, 11) is 0. The van der Waals surface area contributed by atoms with E-state index in [-0.39, 0.29) is 0 Å². The highest BCUT2D eigenvalue weighted by atomic mass is 16.6. The Bertz CT molecular complexity index is 707. The zero-order valence-electron chi connectivity index (χ0n) is 9.87. The highest BCUT2D eigenvalue weighted by molar-refractivity contribution is 5.86. The first kappa shape index (κ1) is 11.3. The van der Waals surface area contributed by atoms with E-state index >= 15 is 0 Å². The van der Waals surface area contributed by atoms with Gasteiger partial charge >= 0.3 is 6.09 Å². The van der Waals surface area contributed by atoms with Gasteiger partial charge in [0.05, 0.1) is 0 Å². The molecule has 5 heteroatoms. The Morgan fingerprint density at radius 3 is 2.84 bits per heavy atom. The molecule has 0 fully saturated rings. The molecular weight excluding hydrogens is 244 g/mol. The maximum absolute atomic E-state index is 11.7. The fraction of sp³-hybridized carbons (Fsp3) is 0. The molecule has 0 saturated heterocycles. The summed E-state index contributed by atoms with van der Waals surface area (Å²) < 4.78 is 10.3. The predicted molar refractivity (Wildman–Crippen MR) is 70.1 cm³/mol. The van der Waals surface area contributed by atoms with Gasteiger partial charge in [-0.05, 0) is 24.3 Å².